The summed E-state index contributed by atoms with van der Waals surface area (Å²) in [5.41, 5.74) is 6.55. The number of rotatable bonds is 6. The first-order chi connectivity index (χ1) is 9.69. The zero-order valence-electron chi connectivity index (χ0n) is 11.5. The molecule has 0 spiro atoms. The average Bonchev–Trinajstić information content (AvgIpc) is 2.43. The molecule has 2 rings (SSSR count). The Labute approximate surface area is 122 Å². The molecule has 2 aromatic rings. The fourth-order valence-electron chi connectivity index (χ4n) is 1.65. The fraction of sp³-hybridized carbons (Fsp3) is 0.286. The van der Waals surface area contributed by atoms with Crippen LogP contribution in [0.1, 0.15) is 5.69 Å². The molecule has 5 nitrogen and oxygen atoms in total. The van der Waals surface area contributed by atoms with E-state index in [1.54, 1.807) is 13.2 Å². The number of anilines is 1. The van der Waals surface area contributed by atoms with Gasteiger partial charge in [0, 0.05) is 17.5 Å². The number of nitrogen functional groups attached to an aromatic ring is 1. The monoisotopic (exact) mass is 291 g/mol. The van der Waals surface area contributed by atoms with Gasteiger partial charge in [-0.3, -0.25) is 0 Å². The third kappa shape index (κ3) is 4.03. The fourth-order valence-corrected chi connectivity index (χ4v) is 2.38. The quantitative estimate of drug-likeness (QED) is 0.501. The lowest BCUT2D eigenvalue weighted by atomic mass is 10.3. The van der Waals surface area contributed by atoms with Gasteiger partial charge in [0.2, 0.25) is 0 Å². The first-order valence-corrected chi connectivity index (χ1v) is 7.17. The molecule has 6 heteroatoms. The predicted octanol–water partition coefficient (Wildman–Crippen LogP) is 2.55. The molecule has 1 heterocycles. The Morgan fingerprint density at radius 1 is 1.20 bits per heavy atom. The minimum absolute atomic E-state index is 0.491. The number of thioether (sulfide) groups is 1. The summed E-state index contributed by atoms with van der Waals surface area (Å²) in [5, 5.41) is 0.672. The molecule has 106 valence electrons. The maximum Gasteiger partial charge on any atom is 0.189 e. The van der Waals surface area contributed by atoms with E-state index < -0.39 is 0 Å². The molecule has 0 aliphatic heterocycles. The Hall–Kier alpha value is -1.95. The van der Waals surface area contributed by atoms with Crippen molar-refractivity contribution in [2.45, 2.75) is 12.1 Å². The molecule has 0 atom stereocenters. The molecule has 0 fully saturated rings. The van der Waals surface area contributed by atoms with Gasteiger partial charge >= 0.3 is 0 Å². The molecule has 0 unspecified atom stereocenters. The van der Waals surface area contributed by atoms with Crippen LogP contribution in [0.2, 0.25) is 0 Å². The van der Waals surface area contributed by atoms with Crippen LogP contribution in [0, 0.1) is 6.92 Å². The van der Waals surface area contributed by atoms with Gasteiger partial charge in [0.05, 0.1) is 13.7 Å². The van der Waals surface area contributed by atoms with E-state index in [0.29, 0.717) is 17.6 Å². The van der Waals surface area contributed by atoms with E-state index in [4.69, 9.17) is 15.2 Å². The summed E-state index contributed by atoms with van der Waals surface area (Å²) in [6, 6.07) is 9.31. The lowest BCUT2D eigenvalue weighted by molar-refractivity contribution is 0.313. The summed E-state index contributed by atoms with van der Waals surface area (Å²) in [6.07, 6.45) is 0. The number of para-hydroxylation sites is 2. The zero-order valence-corrected chi connectivity index (χ0v) is 12.3. The highest BCUT2D eigenvalue weighted by Crippen LogP contribution is 2.26. The SMILES string of the molecule is COc1ccccc1OCCSc1nc(C)cc(N)n1. The van der Waals surface area contributed by atoms with E-state index in [0.717, 1.165) is 22.9 Å². The average molecular weight is 291 g/mol. The molecule has 1 aromatic heterocycles. The number of ether oxygens (including phenoxy) is 2. The summed E-state index contributed by atoms with van der Waals surface area (Å²) in [6.45, 7) is 2.44. The smallest absolute Gasteiger partial charge is 0.189 e. The van der Waals surface area contributed by atoms with Crippen molar-refractivity contribution >= 4 is 17.6 Å². The van der Waals surface area contributed by atoms with Crippen molar-refractivity contribution in [2.24, 2.45) is 0 Å². The van der Waals surface area contributed by atoms with Gasteiger partial charge in [-0.25, -0.2) is 9.97 Å². The number of aryl methyl sites for hydroxylation is 1. The summed E-state index contributed by atoms with van der Waals surface area (Å²) in [7, 11) is 1.63. The number of benzene rings is 1. The van der Waals surface area contributed by atoms with E-state index in [1.807, 2.05) is 31.2 Å². The second-order valence-corrected chi connectivity index (χ2v) is 5.13. The number of nitrogens with zero attached hydrogens (tertiary/aromatic N) is 2. The van der Waals surface area contributed by atoms with Crippen molar-refractivity contribution in [1.82, 2.24) is 9.97 Å². The van der Waals surface area contributed by atoms with Crippen LogP contribution in [-0.4, -0.2) is 29.4 Å². The molecule has 0 radical (unpaired) electrons. The van der Waals surface area contributed by atoms with E-state index in [2.05, 4.69) is 9.97 Å². The summed E-state index contributed by atoms with van der Waals surface area (Å²) >= 11 is 1.51. The minimum atomic E-state index is 0.491. The molecular weight excluding hydrogens is 274 g/mol. The summed E-state index contributed by atoms with van der Waals surface area (Å²) in [4.78, 5) is 8.47. The number of hydrogen-bond acceptors (Lipinski definition) is 6. The number of methoxy groups -OCH3 is 1. The molecule has 0 aliphatic rings. The predicted molar refractivity (Wildman–Crippen MR) is 80.4 cm³/mol. The van der Waals surface area contributed by atoms with Gasteiger partial charge in [0.15, 0.2) is 16.7 Å². The normalized spacial score (nSPS) is 10.3. The lowest BCUT2D eigenvalue weighted by Crippen LogP contribution is -2.03. The van der Waals surface area contributed by atoms with Gasteiger partial charge in [-0.15, -0.1) is 0 Å². The Bertz CT molecular complexity index is 558. The molecule has 0 amide bonds. The highest BCUT2D eigenvalue weighted by Gasteiger charge is 2.04. The lowest BCUT2D eigenvalue weighted by Gasteiger charge is -2.09. The van der Waals surface area contributed by atoms with Gasteiger partial charge in [0.25, 0.3) is 0 Å². The molecule has 0 aliphatic carbocycles. The third-order valence-corrected chi connectivity index (χ3v) is 3.31. The third-order valence-electron chi connectivity index (χ3n) is 2.49. The van der Waals surface area contributed by atoms with Crippen molar-refractivity contribution in [3.63, 3.8) is 0 Å². The molecule has 2 N–H and O–H groups in total. The first-order valence-electron chi connectivity index (χ1n) is 6.19. The van der Waals surface area contributed by atoms with Crippen LogP contribution in [0.5, 0.6) is 11.5 Å². The molecule has 0 bridgehead atoms. The van der Waals surface area contributed by atoms with Crippen LogP contribution < -0.4 is 15.2 Å². The molecule has 0 saturated heterocycles. The molecule has 1 aromatic carbocycles. The maximum atomic E-state index is 5.68. The Morgan fingerprint density at radius 2 is 1.95 bits per heavy atom. The molecule has 20 heavy (non-hydrogen) atoms. The van der Waals surface area contributed by atoms with Crippen molar-refractivity contribution in [2.75, 3.05) is 25.2 Å². The maximum absolute atomic E-state index is 5.68. The van der Waals surface area contributed by atoms with Crippen LogP contribution in [0.3, 0.4) is 0 Å². The van der Waals surface area contributed by atoms with Crippen LogP contribution >= 0.6 is 11.8 Å². The largest absolute Gasteiger partial charge is 0.493 e. The number of aromatic nitrogens is 2. The van der Waals surface area contributed by atoms with E-state index >= 15 is 0 Å². The van der Waals surface area contributed by atoms with Crippen molar-refractivity contribution in [3.8, 4) is 11.5 Å². The van der Waals surface area contributed by atoms with Gasteiger partial charge in [-0.05, 0) is 19.1 Å². The van der Waals surface area contributed by atoms with Gasteiger partial charge < -0.3 is 15.2 Å². The second-order valence-electron chi connectivity index (χ2n) is 4.06. The Balaban J connectivity index is 1.84. The number of hydrogen-bond donors (Lipinski definition) is 1. The minimum Gasteiger partial charge on any atom is -0.493 e. The van der Waals surface area contributed by atoms with Gasteiger partial charge in [-0.1, -0.05) is 23.9 Å². The van der Waals surface area contributed by atoms with Crippen LogP contribution in [0.4, 0.5) is 5.82 Å². The van der Waals surface area contributed by atoms with Crippen molar-refractivity contribution in [1.29, 1.82) is 0 Å². The van der Waals surface area contributed by atoms with Crippen LogP contribution in [0.25, 0.3) is 0 Å². The van der Waals surface area contributed by atoms with Gasteiger partial charge in [-0.2, -0.15) is 0 Å². The highest BCUT2D eigenvalue weighted by atomic mass is 32.2. The zero-order chi connectivity index (χ0) is 14.4. The second kappa shape index (κ2) is 7.00. The van der Waals surface area contributed by atoms with Crippen molar-refractivity contribution in [3.05, 3.63) is 36.0 Å². The van der Waals surface area contributed by atoms with Crippen LogP contribution in [0.15, 0.2) is 35.5 Å². The topological polar surface area (TPSA) is 70.3 Å². The van der Waals surface area contributed by atoms with E-state index in [-0.39, 0.29) is 0 Å². The first kappa shape index (κ1) is 14.5. The number of nitrogens with two attached hydrogens (primary N) is 1. The van der Waals surface area contributed by atoms with Crippen molar-refractivity contribution < 1.29 is 9.47 Å². The standard InChI is InChI=1S/C14H17N3O2S/c1-10-9-13(15)17-14(16-10)20-8-7-19-12-6-4-3-5-11(12)18-2/h3-6,9H,7-8H2,1-2H3,(H2,15,16,17). The Kier molecular flexibility index (Phi) is 5.06. The van der Waals surface area contributed by atoms with E-state index in [9.17, 15) is 0 Å². The molecular formula is C14H17N3O2S. The van der Waals surface area contributed by atoms with E-state index in [1.165, 1.54) is 11.8 Å². The highest BCUT2D eigenvalue weighted by molar-refractivity contribution is 7.99. The summed E-state index contributed by atoms with van der Waals surface area (Å²) in [5.74, 6) is 2.69. The van der Waals surface area contributed by atoms with Crippen LogP contribution in [-0.2, 0) is 0 Å². The summed E-state index contributed by atoms with van der Waals surface area (Å²) < 4.78 is 10.9. The molecule has 0 saturated carbocycles. The Morgan fingerprint density at radius 3 is 2.65 bits per heavy atom. The van der Waals surface area contributed by atoms with Gasteiger partial charge in [0.1, 0.15) is 5.82 Å².